The number of hydrogen-bond donors (Lipinski definition) is 2. The molecule has 0 heterocycles. The van der Waals surface area contributed by atoms with Crippen molar-refractivity contribution < 1.29 is 18.0 Å². The van der Waals surface area contributed by atoms with Gasteiger partial charge in [0, 0.05) is 18.0 Å². The third-order valence-corrected chi connectivity index (χ3v) is 3.12. The van der Waals surface area contributed by atoms with Crippen LogP contribution in [-0.4, -0.2) is 23.7 Å². The molecular formula is C12H21F3N2O. The molecule has 1 saturated carbocycles. The molecule has 1 aliphatic rings. The number of nitrogens with one attached hydrogen (secondary N) is 1. The van der Waals surface area contributed by atoms with E-state index in [9.17, 15) is 18.0 Å². The molecule has 0 aromatic carbocycles. The molecule has 0 aliphatic heterocycles. The van der Waals surface area contributed by atoms with Gasteiger partial charge in [-0.3, -0.25) is 4.79 Å². The maximum absolute atomic E-state index is 12.6. The molecule has 1 fully saturated rings. The average molecular weight is 266 g/mol. The second-order valence-electron chi connectivity index (χ2n) is 5.83. The van der Waals surface area contributed by atoms with Crippen LogP contribution in [0.15, 0.2) is 0 Å². The van der Waals surface area contributed by atoms with Gasteiger partial charge in [0.15, 0.2) is 0 Å². The highest BCUT2D eigenvalue weighted by molar-refractivity contribution is 5.77. The van der Waals surface area contributed by atoms with Crippen LogP contribution < -0.4 is 11.1 Å². The molecule has 0 radical (unpaired) electrons. The molecule has 0 aromatic rings. The van der Waals surface area contributed by atoms with E-state index in [0.717, 1.165) is 0 Å². The number of nitrogens with two attached hydrogens (primary N) is 1. The summed E-state index contributed by atoms with van der Waals surface area (Å²) < 4.78 is 37.8. The van der Waals surface area contributed by atoms with Crippen LogP contribution in [0.3, 0.4) is 0 Å². The fourth-order valence-corrected chi connectivity index (χ4v) is 2.31. The van der Waals surface area contributed by atoms with E-state index in [1.54, 1.807) is 13.8 Å². The highest BCUT2D eigenvalue weighted by atomic mass is 19.4. The Morgan fingerprint density at radius 2 is 1.94 bits per heavy atom. The summed E-state index contributed by atoms with van der Waals surface area (Å²) in [6.07, 6.45) is -2.76. The van der Waals surface area contributed by atoms with Crippen LogP contribution in [0.1, 0.15) is 46.0 Å². The topological polar surface area (TPSA) is 55.1 Å². The van der Waals surface area contributed by atoms with E-state index < -0.39 is 17.6 Å². The van der Waals surface area contributed by atoms with Crippen molar-refractivity contribution in [2.45, 2.75) is 63.7 Å². The Balaban J connectivity index is 2.46. The summed E-state index contributed by atoms with van der Waals surface area (Å²) in [5, 5.41) is 2.66. The zero-order valence-electron chi connectivity index (χ0n) is 10.8. The van der Waals surface area contributed by atoms with Gasteiger partial charge in [-0.15, -0.1) is 0 Å². The Kier molecular flexibility index (Phi) is 4.64. The second-order valence-corrected chi connectivity index (χ2v) is 5.83. The number of hydrogen-bond acceptors (Lipinski definition) is 2. The van der Waals surface area contributed by atoms with Gasteiger partial charge in [0.05, 0.1) is 5.92 Å². The van der Waals surface area contributed by atoms with Gasteiger partial charge in [-0.1, -0.05) is 6.42 Å². The number of alkyl halides is 3. The zero-order valence-corrected chi connectivity index (χ0v) is 10.8. The molecule has 18 heavy (non-hydrogen) atoms. The molecule has 0 spiro atoms. The van der Waals surface area contributed by atoms with Crippen molar-refractivity contribution in [2.75, 3.05) is 0 Å². The van der Waals surface area contributed by atoms with Crippen LogP contribution in [-0.2, 0) is 4.79 Å². The lowest BCUT2D eigenvalue weighted by molar-refractivity contribution is -0.184. The van der Waals surface area contributed by atoms with Crippen LogP contribution in [0, 0.1) is 5.92 Å². The summed E-state index contributed by atoms with van der Waals surface area (Å²) in [6, 6.07) is -0.375. The highest BCUT2D eigenvalue weighted by Gasteiger charge is 2.42. The van der Waals surface area contributed by atoms with E-state index in [-0.39, 0.29) is 31.2 Å². The average Bonchev–Trinajstić information content (AvgIpc) is 2.13. The molecule has 3 N–H and O–H groups in total. The Morgan fingerprint density at radius 3 is 2.44 bits per heavy atom. The lowest BCUT2D eigenvalue weighted by atomic mass is 9.85. The molecule has 2 atom stereocenters. The molecule has 2 unspecified atom stereocenters. The molecule has 3 nitrogen and oxygen atoms in total. The summed E-state index contributed by atoms with van der Waals surface area (Å²) in [5.41, 5.74) is 5.06. The predicted molar refractivity (Wildman–Crippen MR) is 62.8 cm³/mol. The molecule has 0 saturated heterocycles. The number of rotatable bonds is 3. The first-order valence-electron chi connectivity index (χ1n) is 6.23. The highest BCUT2D eigenvalue weighted by Crippen LogP contribution is 2.37. The van der Waals surface area contributed by atoms with E-state index in [1.165, 1.54) is 0 Å². The largest absolute Gasteiger partial charge is 0.391 e. The van der Waals surface area contributed by atoms with Crippen molar-refractivity contribution in [3.05, 3.63) is 0 Å². The quantitative estimate of drug-likeness (QED) is 0.824. The van der Waals surface area contributed by atoms with Gasteiger partial charge >= 0.3 is 6.18 Å². The first-order valence-corrected chi connectivity index (χ1v) is 6.23. The first-order chi connectivity index (χ1) is 8.08. The minimum atomic E-state index is -4.16. The fraction of sp³-hybridized carbons (Fsp3) is 0.917. The standard InChI is InChI=1S/C12H21F3N2O/c1-11(2,16)7-10(18)17-9-5-3-4-8(6-9)12(13,14)15/h8-9H,3-7,16H2,1-2H3,(H,17,18). The third kappa shape index (κ3) is 5.25. The van der Waals surface area contributed by atoms with E-state index in [0.29, 0.717) is 12.8 Å². The van der Waals surface area contributed by atoms with Crippen LogP contribution in [0.4, 0.5) is 13.2 Å². The minimum Gasteiger partial charge on any atom is -0.353 e. The first kappa shape index (κ1) is 15.3. The normalized spacial score (nSPS) is 25.9. The van der Waals surface area contributed by atoms with Crippen LogP contribution in [0.25, 0.3) is 0 Å². The van der Waals surface area contributed by atoms with Crippen molar-refractivity contribution in [1.82, 2.24) is 5.32 Å². The lowest BCUT2D eigenvalue weighted by Crippen LogP contribution is -2.45. The SMILES string of the molecule is CC(C)(N)CC(=O)NC1CCCC(C(F)(F)F)C1. The number of halogens is 3. The maximum atomic E-state index is 12.6. The van der Waals surface area contributed by atoms with Gasteiger partial charge in [0.1, 0.15) is 0 Å². The predicted octanol–water partition coefficient (Wildman–Crippen LogP) is 2.35. The molecule has 1 amide bonds. The Labute approximate surface area is 105 Å². The molecule has 106 valence electrons. The number of carbonyl (C=O) groups excluding carboxylic acids is 1. The van der Waals surface area contributed by atoms with Gasteiger partial charge in [-0.2, -0.15) is 13.2 Å². The maximum Gasteiger partial charge on any atom is 0.391 e. The molecule has 1 aliphatic carbocycles. The summed E-state index contributed by atoms with van der Waals surface area (Å²) in [4.78, 5) is 11.6. The molecule has 1 rings (SSSR count). The van der Waals surface area contributed by atoms with Crippen LogP contribution >= 0.6 is 0 Å². The number of carbonyl (C=O) groups is 1. The Hall–Kier alpha value is -0.780. The zero-order chi connectivity index (χ0) is 14.0. The van der Waals surface area contributed by atoms with Crippen molar-refractivity contribution in [2.24, 2.45) is 11.7 Å². The van der Waals surface area contributed by atoms with Gasteiger partial charge in [-0.05, 0) is 33.1 Å². The van der Waals surface area contributed by atoms with Crippen LogP contribution in [0.5, 0.6) is 0 Å². The van der Waals surface area contributed by atoms with Crippen LogP contribution in [0.2, 0.25) is 0 Å². The monoisotopic (exact) mass is 266 g/mol. The molecule has 0 aromatic heterocycles. The van der Waals surface area contributed by atoms with Gasteiger partial charge < -0.3 is 11.1 Å². The van der Waals surface area contributed by atoms with E-state index >= 15 is 0 Å². The molecule has 6 heteroatoms. The van der Waals surface area contributed by atoms with Crippen molar-refractivity contribution in [3.63, 3.8) is 0 Å². The van der Waals surface area contributed by atoms with E-state index in [1.807, 2.05) is 0 Å². The van der Waals surface area contributed by atoms with Crippen molar-refractivity contribution in [1.29, 1.82) is 0 Å². The number of amides is 1. The second kappa shape index (κ2) is 5.47. The van der Waals surface area contributed by atoms with E-state index in [2.05, 4.69) is 5.32 Å². The minimum absolute atomic E-state index is 0.0137. The lowest BCUT2D eigenvalue weighted by Gasteiger charge is -2.31. The van der Waals surface area contributed by atoms with E-state index in [4.69, 9.17) is 5.73 Å². The summed E-state index contributed by atoms with van der Waals surface area (Å²) in [7, 11) is 0. The van der Waals surface area contributed by atoms with Gasteiger partial charge in [-0.25, -0.2) is 0 Å². The Morgan fingerprint density at radius 1 is 1.33 bits per heavy atom. The van der Waals surface area contributed by atoms with Crippen molar-refractivity contribution >= 4 is 5.91 Å². The fourth-order valence-electron chi connectivity index (χ4n) is 2.31. The third-order valence-electron chi connectivity index (χ3n) is 3.12. The summed E-state index contributed by atoms with van der Waals surface area (Å²) in [6.45, 7) is 3.43. The summed E-state index contributed by atoms with van der Waals surface area (Å²) in [5.74, 6) is -1.56. The molecular weight excluding hydrogens is 245 g/mol. The van der Waals surface area contributed by atoms with Gasteiger partial charge in [0.25, 0.3) is 0 Å². The summed E-state index contributed by atoms with van der Waals surface area (Å²) >= 11 is 0. The van der Waals surface area contributed by atoms with Crippen molar-refractivity contribution in [3.8, 4) is 0 Å². The molecule has 0 bridgehead atoms. The van der Waals surface area contributed by atoms with Gasteiger partial charge in [0.2, 0.25) is 5.91 Å². The Bertz CT molecular complexity index is 297. The smallest absolute Gasteiger partial charge is 0.353 e.